The molecule has 0 atom stereocenters. The Labute approximate surface area is 203 Å². The molecule has 0 N–H and O–H groups in total. The zero-order valence-electron chi connectivity index (χ0n) is 19.0. The van der Waals surface area contributed by atoms with E-state index in [2.05, 4.69) is 0 Å². The molecule has 35 heavy (non-hydrogen) atoms. The van der Waals surface area contributed by atoms with Crippen LogP contribution in [0.2, 0.25) is 0 Å². The highest BCUT2D eigenvalue weighted by Crippen LogP contribution is 2.32. The number of rotatable bonds is 7. The van der Waals surface area contributed by atoms with Gasteiger partial charge in [0.05, 0.1) is 42.4 Å². The number of esters is 1. The Morgan fingerprint density at radius 1 is 1.29 bits per heavy atom. The van der Waals surface area contributed by atoms with E-state index in [1.807, 2.05) is 12.1 Å². The average Bonchev–Trinajstić information content (AvgIpc) is 3.13. The van der Waals surface area contributed by atoms with Crippen LogP contribution in [-0.4, -0.2) is 36.0 Å². The molecule has 1 aliphatic rings. The van der Waals surface area contributed by atoms with Gasteiger partial charge in [0.2, 0.25) is 0 Å². The molecule has 11 heteroatoms. The second kappa shape index (κ2) is 10.5. The smallest absolute Gasteiger partial charge is 0.333 e. The number of benzene rings is 2. The van der Waals surface area contributed by atoms with E-state index in [-0.39, 0.29) is 37.8 Å². The van der Waals surface area contributed by atoms with E-state index in [9.17, 15) is 19.7 Å². The third kappa shape index (κ3) is 5.42. The van der Waals surface area contributed by atoms with Crippen LogP contribution in [-0.2, 0) is 27.4 Å². The third-order valence-corrected chi connectivity index (χ3v) is 6.25. The zero-order chi connectivity index (χ0) is 24.9. The van der Waals surface area contributed by atoms with E-state index in [0.717, 1.165) is 16.9 Å². The minimum Gasteiger partial charge on any atom is -0.497 e. The lowest BCUT2D eigenvalue weighted by Crippen LogP contribution is -2.32. The van der Waals surface area contributed by atoms with Gasteiger partial charge in [-0.1, -0.05) is 12.1 Å². The van der Waals surface area contributed by atoms with Gasteiger partial charge >= 0.3 is 5.97 Å². The van der Waals surface area contributed by atoms with Crippen LogP contribution in [0.25, 0.3) is 12.2 Å². The summed E-state index contributed by atoms with van der Waals surface area (Å²) in [5.74, 6) is 0.522. The van der Waals surface area contributed by atoms with E-state index in [1.165, 1.54) is 22.8 Å². The molecule has 3 aromatic rings. The number of carbonyl (C=O) groups excluding carboxylic acids is 1. The van der Waals surface area contributed by atoms with Gasteiger partial charge in [0.25, 0.3) is 11.2 Å². The second-order valence-corrected chi connectivity index (χ2v) is 8.53. The predicted octanol–water partition coefficient (Wildman–Crippen LogP) is 1.91. The molecule has 10 nitrogen and oxygen atoms in total. The lowest BCUT2D eigenvalue weighted by atomic mass is 10.1. The summed E-state index contributed by atoms with van der Waals surface area (Å²) < 4.78 is 23.2. The lowest BCUT2D eigenvalue weighted by molar-refractivity contribution is -0.385. The van der Waals surface area contributed by atoms with Gasteiger partial charge < -0.3 is 18.9 Å². The monoisotopic (exact) mass is 498 g/mol. The first kappa shape index (κ1) is 24.2. The van der Waals surface area contributed by atoms with Gasteiger partial charge in [-0.05, 0) is 30.7 Å². The van der Waals surface area contributed by atoms with Gasteiger partial charge in [0.15, 0.2) is 6.79 Å². The number of hydrogen-bond donors (Lipinski definition) is 0. The minimum absolute atomic E-state index is 0.00531. The Morgan fingerprint density at radius 3 is 2.74 bits per heavy atom. The summed E-state index contributed by atoms with van der Waals surface area (Å²) in [4.78, 5) is 36.6. The highest BCUT2D eigenvalue weighted by Gasteiger charge is 2.22. The van der Waals surface area contributed by atoms with Crippen molar-refractivity contribution in [2.24, 2.45) is 0 Å². The number of non-ortho nitro benzene ring substituents is 1. The molecule has 1 aliphatic heterocycles. The number of carbonyl (C=O) groups is 1. The lowest BCUT2D eigenvalue weighted by Gasteiger charge is -2.20. The molecule has 0 aliphatic carbocycles. The van der Waals surface area contributed by atoms with Crippen LogP contribution in [0.15, 0.2) is 41.2 Å². The van der Waals surface area contributed by atoms with E-state index in [0.29, 0.717) is 31.8 Å². The standard InChI is InChI=1S/C24H22N2O8S/c1-3-33-22(27)11-21-25(24(28)20(35-21)8-15-4-6-19(31-2)7-5-15)12-16-9-18(26(29)30)10-17-13-32-14-34-23(16)17/h4-11H,3,12-14H2,1-2H3. The van der Waals surface area contributed by atoms with Gasteiger partial charge in [-0.15, -0.1) is 11.3 Å². The van der Waals surface area contributed by atoms with Crippen molar-refractivity contribution in [2.45, 2.75) is 20.1 Å². The Hall–Kier alpha value is -3.96. The van der Waals surface area contributed by atoms with Crippen LogP contribution in [0.5, 0.6) is 11.5 Å². The minimum atomic E-state index is -0.593. The van der Waals surface area contributed by atoms with Gasteiger partial charge in [-0.3, -0.25) is 19.5 Å². The molecule has 2 heterocycles. The predicted molar refractivity (Wildman–Crippen MR) is 128 cm³/mol. The van der Waals surface area contributed by atoms with Crippen LogP contribution in [0, 0.1) is 10.1 Å². The highest BCUT2D eigenvalue weighted by molar-refractivity contribution is 7.07. The molecular formula is C24H22N2O8S. The average molecular weight is 499 g/mol. The van der Waals surface area contributed by atoms with Crippen molar-refractivity contribution in [1.82, 2.24) is 4.57 Å². The number of nitro benzene ring substituents is 1. The van der Waals surface area contributed by atoms with Crippen molar-refractivity contribution in [3.05, 3.63) is 82.8 Å². The molecule has 0 radical (unpaired) electrons. The number of nitro groups is 1. The second-order valence-electron chi connectivity index (χ2n) is 7.47. The van der Waals surface area contributed by atoms with Crippen LogP contribution in [0.4, 0.5) is 5.69 Å². The maximum atomic E-state index is 13.4. The SMILES string of the molecule is CCOC(=O)C=c1sc(=Cc2ccc(OC)cc2)c(=O)n1Cc1cc([N+](=O)[O-])cc2c1OCOC2. The van der Waals surface area contributed by atoms with E-state index < -0.39 is 10.9 Å². The quantitative estimate of drug-likeness (QED) is 0.275. The molecule has 0 saturated carbocycles. The van der Waals surface area contributed by atoms with Crippen LogP contribution in [0.3, 0.4) is 0 Å². The first-order chi connectivity index (χ1) is 16.9. The Kier molecular flexibility index (Phi) is 7.28. The van der Waals surface area contributed by atoms with Crippen molar-refractivity contribution in [1.29, 1.82) is 0 Å². The van der Waals surface area contributed by atoms with Gasteiger partial charge in [0.1, 0.15) is 16.2 Å². The van der Waals surface area contributed by atoms with Crippen molar-refractivity contribution < 1.29 is 28.7 Å². The third-order valence-electron chi connectivity index (χ3n) is 5.19. The van der Waals surface area contributed by atoms with Crippen LogP contribution in [0.1, 0.15) is 23.6 Å². The first-order valence-electron chi connectivity index (χ1n) is 10.6. The number of hydrogen-bond acceptors (Lipinski definition) is 9. The number of thiazole rings is 1. The fourth-order valence-corrected chi connectivity index (χ4v) is 4.63. The Bertz CT molecular complexity index is 1440. The molecular weight excluding hydrogens is 476 g/mol. The largest absolute Gasteiger partial charge is 0.497 e. The Balaban J connectivity index is 1.86. The summed E-state index contributed by atoms with van der Waals surface area (Å²) >= 11 is 1.12. The maximum absolute atomic E-state index is 13.4. The summed E-state index contributed by atoms with van der Waals surface area (Å²) in [6.07, 6.45) is 2.95. The highest BCUT2D eigenvalue weighted by atomic mass is 32.1. The topological polar surface area (TPSA) is 119 Å². The van der Waals surface area contributed by atoms with Gasteiger partial charge in [-0.25, -0.2) is 4.79 Å². The van der Waals surface area contributed by atoms with E-state index >= 15 is 0 Å². The Morgan fingerprint density at radius 2 is 2.06 bits per heavy atom. The number of methoxy groups -OCH3 is 1. The van der Waals surface area contributed by atoms with Crippen molar-refractivity contribution >= 4 is 35.1 Å². The van der Waals surface area contributed by atoms with Crippen molar-refractivity contribution in [3.8, 4) is 11.5 Å². The number of fused-ring (bicyclic) bond motifs is 1. The molecule has 4 rings (SSSR count). The van der Waals surface area contributed by atoms with Crippen LogP contribution >= 0.6 is 11.3 Å². The summed E-state index contributed by atoms with van der Waals surface area (Å²) in [6, 6.07) is 9.93. The summed E-state index contributed by atoms with van der Waals surface area (Å²) in [5.41, 5.74) is 1.23. The molecule has 2 aromatic carbocycles. The van der Waals surface area contributed by atoms with Crippen molar-refractivity contribution in [3.63, 3.8) is 0 Å². The molecule has 0 unspecified atom stereocenters. The molecule has 0 saturated heterocycles. The maximum Gasteiger partial charge on any atom is 0.333 e. The zero-order valence-corrected chi connectivity index (χ0v) is 19.8. The molecule has 182 valence electrons. The molecule has 0 spiro atoms. The molecule has 0 amide bonds. The summed E-state index contributed by atoms with van der Waals surface area (Å²) in [6.45, 7) is 1.98. The number of ether oxygens (including phenoxy) is 4. The molecule has 0 bridgehead atoms. The van der Waals surface area contributed by atoms with Gasteiger partial charge in [0, 0.05) is 23.3 Å². The summed E-state index contributed by atoms with van der Waals surface area (Å²) in [5, 5.41) is 11.5. The summed E-state index contributed by atoms with van der Waals surface area (Å²) in [7, 11) is 1.57. The van der Waals surface area contributed by atoms with E-state index in [1.54, 1.807) is 32.2 Å². The van der Waals surface area contributed by atoms with Gasteiger partial charge in [-0.2, -0.15) is 0 Å². The van der Waals surface area contributed by atoms with E-state index in [4.69, 9.17) is 18.9 Å². The van der Waals surface area contributed by atoms with Crippen molar-refractivity contribution in [2.75, 3.05) is 20.5 Å². The number of nitrogens with zero attached hydrogens (tertiary/aromatic N) is 2. The number of aromatic nitrogens is 1. The first-order valence-corrected chi connectivity index (χ1v) is 11.5. The molecule has 0 fully saturated rings. The fraction of sp³-hybridized carbons (Fsp3) is 0.250. The normalized spacial score (nSPS) is 13.8. The fourth-order valence-electron chi connectivity index (χ4n) is 3.60. The molecule has 1 aromatic heterocycles. The van der Waals surface area contributed by atoms with Crippen LogP contribution < -0.4 is 24.2 Å².